The van der Waals surface area contributed by atoms with Gasteiger partial charge in [-0.1, -0.05) is 22.0 Å². The SMILES string of the molecule is CC(=O)N(CCN(c1ccc(F)cc1)c1cccc(Br)c1)C(=O)OC(C)N1CCCC1. The summed E-state index contributed by atoms with van der Waals surface area (Å²) in [6.45, 7) is 5.40. The maximum atomic E-state index is 13.4. The largest absolute Gasteiger partial charge is 0.430 e. The third-order valence-electron chi connectivity index (χ3n) is 5.33. The molecule has 1 unspecified atom stereocenters. The van der Waals surface area contributed by atoms with Crippen molar-refractivity contribution in [2.45, 2.75) is 32.9 Å². The molecular formula is C23H27BrFN3O3. The Labute approximate surface area is 190 Å². The molecule has 8 heteroatoms. The second kappa shape index (κ2) is 10.7. The number of rotatable bonds is 7. The summed E-state index contributed by atoms with van der Waals surface area (Å²) < 4.78 is 19.9. The lowest BCUT2D eigenvalue weighted by atomic mass is 10.2. The van der Waals surface area contributed by atoms with Gasteiger partial charge in [-0.25, -0.2) is 14.1 Å². The molecule has 0 N–H and O–H groups in total. The number of hydrogen-bond acceptors (Lipinski definition) is 5. The van der Waals surface area contributed by atoms with E-state index in [4.69, 9.17) is 4.74 Å². The number of anilines is 2. The Kier molecular flexibility index (Phi) is 8.03. The second-order valence-corrected chi connectivity index (χ2v) is 8.42. The first-order chi connectivity index (χ1) is 14.8. The molecule has 0 aromatic heterocycles. The number of benzene rings is 2. The molecule has 0 radical (unpaired) electrons. The van der Waals surface area contributed by atoms with E-state index in [2.05, 4.69) is 20.8 Å². The zero-order valence-electron chi connectivity index (χ0n) is 17.8. The third kappa shape index (κ3) is 6.27. The molecule has 1 atom stereocenters. The first-order valence-electron chi connectivity index (χ1n) is 10.4. The van der Waals surface area contributed by atoms with Crippen molar-refractivity contribution in [3.63, 3.8) is 0 Å². The third-order valence-corrected chi connectivity index (χ3v) is 5.83. The summed E-state index contributed by atoms with van der Waals surface area (Å²) in [7, 11) is 0. The van der Waals surface area contributed by atoms with Crippen molar-refractivity contribution in [3.8, 4) is 0 Å². The van der Waals surface area contributed by atoms with E-state index in [1.807, 2.05) is 36.1 Å². The molecule has 0 spiro atoms. The smallest absolute Gasteiger partial charge is 0.418 e. The van der Waals surface area contributed by atoms with E-state index in [1.54, 1.807) is 12.1 Å². The van der Waals surface area contributed by atoms with Crippen molar-refractivity contribution in [2.75, 3.05) is 31.1 Å². The number of carbonyl (C=O) groups is 2. The van der Waals surface area contributed by atoms with Crippen molar-refractivity contribution >= 4 is 39.3 Å². The summed E-state index contributed by atoms with van der Waals surface area (Å²) in [6, 6.07) is 13.7. The van der Waals surface area contributed by atoms with Gasteiger partial charge in [0.2, 0.25) is 5.91 Å². The molecule has 1 saturated heterocycles. The highest BCUT2D eigenvalue weighted by Gasteiger charge is 2.26. The fourth-order valence-electron chi connectivity index (χ4n) is 3.64. The minimum absolute atomic E-state index is 0.130. The Hall–Kier alpha value is -2.45. The quantitative estimate of drug-likeness (QED) is 0.535. The molecule has 0 saturated carbocycles. The Morgan fingerprint density at radius 1 is 1.10 bits per heavy atom. The van der Waals surface area contributed by atoms with E-state index in [0.29, 0.717) is 6.54 Å². The van der Waals surface area contributed by atoms with Crippen LogP contribution in [-0.2, 0) is 9.53 Å². The normalized spacial score (nSPS) is 14.8. The number of nitrogens with zero attached hydrogens (tertiary/aromatic N) is 3. The van der Waals surface area contributed by atoms with E-state index in [0.717, 1.165) is 46.7 Å². The van der Waals surface area contributed by atoms with Crippen molar-refractivity contribution in [1.82, 2.24) is 9.80 Å². The van der Waals surface area contributed by atoms with Gasteiger partial charge in [0.1, 0.15) is 5.82 Å². The maximum Gasteiger partial charge on any atom is 0.418 e. The average Bonchev–Trinajstić information content (AvgIpc) is 3.27. The summed E-state index contributed by atoms with van der Waals surface area (Å²) in [5.41, 5.74) is 1.60. The number of halogens is 2. The van der Waals surface area contributed by atoms with E-state index < -0.39 is 6.09 Å². The molecule has 3 rings (SSSR count). The lowest BCUT2D eigenvalue weighted by Gasteiger charge is -2.30. The fraction of sp³-hybridized carbons (Fsp3) is 0.391. The molecule has 1 aliphatic rings. The standard InChI is InChI=1S/C23H27BrFN3O3/c1-17(29)27(23(30)31-18(2)26-12-3-4-13-26)14-15-28(21-10-8-20(25)9-11-21)22-7-5-6-19(24)16-22/h5-11,16,18H,3-4,12-15H2,1-2H3. The van der Waals surface area contributed by atoms with Gasteiger partial charge in [0.25, 0.3) is 0 Å². The number of amides is 2. The van der Waals surface area contributed by atoms with Gasteiger partial charge >= 0.3 is 6.09 Å². The number of likely N-dealkylation sites (tertiary alicyclic amines) is 1. The van der Waals surface area contributed by atoms with Crippen LogP contribution in [-0.4, -0.2) is 54.2 Å². The zero-order valence-corrected chi connectivity index (χ0v) is 19.3. The molecule has 1 fully saturated rings. The van der Waals surface area contributed by atoms with Gasteiger partial charge in [-0.15, -0.1) is 0 Å². The van der Waals surface area contributed by atoms with Crippen LogP contribution in [0.4, 0.5) is 20.6 Å². The van der Waals surface area contributed by atoms with Crippen LogP contribution in [0.1, 0.15) is 26.7 Å². The van der Waals surface area contributed by atoms with Crippen LogP contribution in [0, 0.1) is 5.82 Å². The van der Waals surface area contributed by atoms with E-state index >= 15 is 0 Å². The van der Waals surface area contributed by atoms with Crippen molar-refractivity contribution in [2.24, 2.45) is 0 Å². The second-order valence-electron chi connectivity index (χ2n) is 7.50. The highest BCUT2D eigenvalue weighted by Crippen LogP contribution is 2.28. The van der Waals surface area contributed by atoms with Crippen LogP contribution in [0.2, 0.25) is 0 Å². The average molecular weight is 492 g/mol. The molecule has 31 heavy (non-hydrogen) atoms. The van der Waals surface area contributed by atoms with E-state index in [9.17, 15) is 14.0 Å². The number of hydrogen-bond donors (Lipinski definition) is 0. The molecule has 6 nitrogen and oxygen atoms in total. The Morgan fingerprint density at radius 3 is 2.39 bits per heavy atom. The Morgan fingerprint density at radius 2 is 1.77 bits per heavy atom. The van der Waals surface area contributed by atoms with E-state index in [1.165, 1.54) is 19.1 Å². The van der Waals surface area contributed by atoms with Gasteiger partial charge < -0.3 is 9.64 Å². The Balaban J connectivity index is 1.75. The topological polar surface area (TPSA) is 53.1 Å². The molecular weight excluding hydrogens is 465 g/mol. The minimum Gasteiger partial charge on any atom is -0.430 e. The van der Waals surface area contributed by atoms with Crippen LogP contribution >= 0.6 is 15.9 Å². The summed E-state index contributed by atoms with van der Waals surface area (Å²) in [5.74, 6) is -0.713. The molecule has 1 heterocycles. The molecule has 166 valence electrons. The highest BCUT2D eigenvalue weighted by atomic mass is 79.9. The Bertz CT molecular complexity index is 903. The van der Waals surface area contributed by atoms with Crippen molar-refractivity contribution in [3.05, 3.63) is 58.8 Å². The summed E-state index contributed by atoms with van der Waals surface area (Å²) >= 11 is 3.47. The van der Waals surface area contributed by atoms with E-state index in [-0.39, 0.29) is 24.5 Å². The van der Waals surface area contributed by atoms with Crippen LogP contribution in [0.15, 0.2) is 53.0 Å². The van der Waals surface area contributed by atoms with Crippen LogP contribution in [0.3, 0.4) is 0 Å². The monoisotopic (exact) mass is 491 g/mol. The van der Waals surface area contributed by atoms with Gasteiger partial charge in [0, 0.05) is 49.0 Å². The molecule has 2 aromatic carbocycles. The zero-order chi connectivity index (χ0) is 22.4. The van der Waals surface area contributed by atoms with Gasteiger partial charge in [0.05, 0.1) is 0 Å². The highest BCUT2D eigenvalue weighted by molar-refractivity contribution is 9.10. The molecule has 2 amide bonds. The van der Waals surface area contributed by atoms with Gasteiger partial charge in [-0.05, 0) is 62.2 Å². The number of imide groups is 1. The van der Waals surface area contributed by atoms with Crippen LogP contribution in [0.5, 0.6) is 0 Å². The first kappa shape index (κ1) is 23.2. The van der Waals surface area contributed by atoms with Gasteiger partial charge in [-0.2, -0.15) is 0 Å². The molecule has 1 aliphatic heterocycles. The predicted octanol–water partition coefficient (Wildman–Crippen LogP) is 5.15. The number of ether oxygens (including phenoxy) is 1. The summed E-state index contributed by atoms with van der Waals surface area (Å²) in [6.07, 6.45) is 1.13. The van der Waals surface area contributed by atoms with Crippen LogP contribution in [0.25, 0.3) is 0 Å². The van der Waals surface area contributed by atoms with Gasteiger partial charge in [-0.3, -0.25) is 9.69 Å². The maximum absolute atomic E-state index is 13.4. The first-order valence-corrected chi connectivity index (χ1v) is 11.2. The molecule has 0 bridgehead atoms. The predicted molar refractivity (Wildman–Crippen MR) is 122 cm³/mol. The number of carbonyl (C=O) groups excluding carboxylic acids is 2. The summed E-state index contributed by atoms with van der Waals surface area (Å²) in [5, 5.41) is 0. The minimum atomic E-state index is -0.653. The molecule has 0 aliphatic carbocycles. The van der Waals surface area contributed by atoms with Crippen molar-refractivity contribution in [1.29, 1.82) is 0 Å². The fourth-order valence-corrected chi connectivity index (χ4v) is 4.03. The summed E-state index contributed by atoms with van der Waals surface area (Å²) in [4.78, 5) is 30.1. The van der Waals surface area contributed by atoms with Gasteiger partial charge in [0.15, 0.2) is 6.23 Å². The lowest BCUT2D eigenvalue weighted by Crippen LogP contribution is -2.44. The lowest BCUT2D eigenvalue weighted by molar-refractivity contribution is -0.128. The van der Waals surface area contributed by atoms with Crippen molar-refractivity contribution < 1.29 is 18.7 Å². The van der Waals surface area contributed by atoms with Crippen LogP contribution < -0.4 is 4.90 Å². The molecule has 2 aromatic rings.